The van der Waals surface area contributed by atoms with Crippen molar-refractivity contribution in [3.05, 3.63) is 143 Å². The summed E-state index contributed by atoms with van der Waals surface area (Å²) in [5.74, 6) is 0.957. The minimum Gasteiger partial charge on any atom is -0.359 e. The van der Waals surface area contributed by atoms with E-state index in [0.29, 0.717) is 0 Å². The molecular formula is C38H31N3. The zero-order chi connectivity index (χ0) is 27.7. The molecule has 3 heteroatoms. The summed E-state index contributed by atoms with van der Waals surface area (Å²) in [6, 6.07) is 33.0. The first kappa shape index (κ1) is 24.0. The van der Waals surface area contributed by atoms with Gasteiger partial charge in [-0.05, 0) is 40.5 Å². The first-order chi connectivity index (χ1) is 20.0. The van der Waals surface area contributed by atoms with Crippen LogP contribution in [0.5, 0.6) is 0 Å². The predicted molar refractivity (Wildman–Crippen MR) is 174 cm³/mol. The topological polar surface area (TPSA) is 20.5 Å². The third kappa shape index (κ3) is 3.42. The molecule has 0 saturated heterocycles. The van der Waals surface area contributed by atoms with Gasteiger partial charge in [0, 0.05) is 28.8 Å². The Bertz CT molecular complexity index is 2030. The van der Waals surface area contributed by atoms with Crippen LogP contribution in [0.2, 0.25) is 0 Å². The molecule has 198 valence electrons. The molecule has 3 nitrogen and oxygen atoms in total. The summed E-state index contributed by atoms with van der Waals surface area (Å²) in [6.45, 7) is 4.74. The molecule has 0 fully saturated rings. The normalized spacial score (nSPS) is 18.8. The van der Waals surface area contributed by atoms with Crippen LogP contribution in [0.1, 0.15) is 41.7 Å². The van der Waals surface area contributed by atoms with Gasteiger partial charge in [-0.3, -0.25) is 4.57 Å². The summed E-state index contributed by atoms with van der Waals surface area (Å²) in [4.78, 5) is 7.80. The third-order valence-electron chi connectivity index (χ3n) is 9.02. The Kier molecular flexibility index (Phi) is 5.14. The molecule has 4 aromatic carbocycles. The lowest BCUT2D eigenvalue weighted by atomic mass is 9.74. The van der Waals surface area contributed by atoms with Gasteiger partial charge in [0.1, 0.15) is 0 Å². The van der Waals surface area contributed by atoms with E-state index in [2.05, 4.69) is 158 Å². The molecule has 2 aliphatic carbocycles. The van der Waals surface area contributed by atoms with E-state index in [0.717, 1.165) is 22.8 Å². The van der Waals surface area contributed by atoms with Crippen LogP contribution in [0.3, 0.4) is 0 Å². The molecule has 1 aromatic heterocycles. The van der Waals surface area contributed by atoms with Crippen molar-refractivity contribution in [2.75, 3.05) is 7.05 Å². The average Bonchev–Trinajstić information content (AvgIpc) is 3.28. The SMILES string of the molecule is CN1C(c2ccccc2)=C(n2c3ccccc3c3c4c(ccc32)C=Cc2ccccc2C4(C)C)N=C2C=CC=CC21. The Morgan fingerprint density at radius 2 is 1.46 bits per heavy atom. The summed E-state index contributed by atoms with van der Waals surface area (Å²) in [5, 5.41) is 2.55. The average molecular weight is 530 g/mol. The predicted octanol–water partition coefficient (Wildman–Crippen LogP) is 8.77. The molecule has 3 aliphatic rings. The Morgan fingerprint density at radius 1 is 0.707 bits per heavy atom. The fourth-order valence-electron chi connectivity index (χ4n) is 7.15. The minimum absolute atomic E-state index is 0.101. The summed E-state index contributed by atoms with van der Waals surface area (Å²) in [7, 11) is 2.19. The van der Waals surface area contributed by atoms with Crippen molar-refractivity contribution < 1.29 is 0 Å². The highest BCUT2D eigenvalue weighted by Gasteiger charge is 2.35. The van der Waals surface area contributed by atoms with Crippen LogP contribution >= 0.6 is 0 Å². The van der Waals surface area contributed by atoms with Gasteiger partial charge >= 0.3 is 0 Å². The summed E-state index contributed by atoms with van der Waals surface area (Å²) < 4.78 is 2.40. The Hall–Kier alpha value is -4.89. The number of hydrogen-bond donors (Lipinski definition) is 0. The van der Waals surface area contributed by atoms with Gasteiger partial charge in [-0.25, -0.2) is 4.99 Å². The molecule has 0 amide bonds. The van der Waals surface area contributed by atoms with Crippen molar-refractivity contribution in [2.45, 2.75) is 25.3 Å². The van der Waals surface area contributed by atoms with Gasteiger partial charge in [-0.1, -0.05) is 123 Å². The maximum atomic E-state index is 5.42. The molecule has 1 unspecified atom stereocenters. The molecule has 0 saturated carbocycles. The number of para-hydroxylation sites is 1. The molecule has 0 radical (unpaired) electrons. The van der Waals surface area contributed by atoms with Crippen molar-refractivity contribution in [3.63, 3.8) is 0 Å². The number of aromatic nitrogens is 1. The molecule has 2 heterocycles. The van der Waals surface area contributed by atoms with Crippen LogP contribution in [0.15, 0.2) is 120 Å². The number of rotatable bonds is 2. The van der Waals surface area contributed by atoms with E-state index in [-0.39, 0.29) is 11.5 Å². The van der Waals surface area contributed by atoms with Crippen LogP contribution < -0.4 is 0 Å². The second kappa shape index (κ2) is 8.81. The number of likely N-dealkylation sites (N-methyl/N-ethyl adjacent to an activating group) is 1. The van der Waals surface area contributed by atoms with Gasteiger partial charge in [-0.2, -0.15) is 0 Å². The number of aliphatic imine (C=N–C) groups is 1. The van der Waals surface area contributed by atoms with Crippen molar-refractivity contribution in [1.82, 2.24) is 9.47 Å². The van der Waals surface area contributed by atoms with Gasteiger partial charge in [-0.15, -0.1) is 0 Å². The Morgan fingerprint density at radius 3 is 2.34 bits per heavy atom. The molecule has 8 rings (SSSR count). The van der Waals surface area contributed by atoms with E-state index in [4.69, 9.17) is 4.99 Å². The smallest absolute Gasteiger partial charge is 0.162 e. The molecule has 41 heavy (non-hydrogen) atoms. The first-order valence-corrected chi connectivity index (χ1v) is 14.3. The monoisotopic (exact) mass is 529 g/mol. The van der Waals surface area contributed by atoms with E-state index >= 15 is 0 Å². The Balaban J connectivity index is 1.51. The van der Waals surface area contributed by atoms with Gasteiger partial charge < -0.3 is 4.90 Å². The van der Waals surface area contributed by atoms with Gasteiger partial charge in [0.25, 0.3) is 0 Å². The summed E-state index contributed by atoms with van der Waals surface area (Å²) in [5.41, 5.74) is 10.8. The lowest BCUT2D eigenvalue weighted by molar-refractivity contribution is 0.475. The van der Waals surface area contributed by atoms with Crippen LogP contribution in [-0.4, -0.2) is 28.3 Å². The molecule has 1 aliphatic heterocycles. The van der Waals surface area contributed by atoms with E-state index in [9.17, 15) is 0 Å². The fourth-order valence-corrected chi connectivity index (χ4v) is 7.15. The lowest BCUT2D eigenvalue weighted by Crippen LogP contribution is -2.39. The van der Waals surface area contributed by atoms with E-state index in [1.165, 1.54) is 44.1 Å². The lowest BCUT2D eigenvalue weighted by Gasteiger charge is -2.36. The minimum atomic E-state index is -0.197. The van der Waals surface area contributed by atoms with Gasteiger partial charge in [0.2, 0.25) is 0 Å². The standard InChI is InChI=1S/C38H31N3/c1-38(2)29-17-9-7-13-25(29)21-22-26-23-24-33-34(35(26)38)28-16-8-11-19-31(28)41(33)37-36(27-14-5-4-6-15-27)40(3)32-20-12-10-18-30(32)39-37/h4-24,32H,1-3H3. The Labute approximate surface area is 240 Å². The number of hydrogen-bond acceptors (Lipinski definition) is 2. The first-order valence-electron chi connectivity index (χ1n) is 14.3. The third-order valence-corrected chi connectivity index (χ3v) is 9.02. The highest BCUT2D eigenvalue weighted by Crippen LogP contribution is 2.47. The second-order valence-electron chi connectivity index (χ2n) is 11.7. The van der Waals surface area contributed by atoms with E-state index in [1.807, 2.05) is 0 Å². The van der Waals surface area contributed by atoms with Crippen molar-refractivity contribution in [1.29, 1.82) is 0 Å². The number of fused-ring (bicyclic) bond motifs is 7. The fraction of sp³-hybridized carbons (Fsp3) is 0.132. The highest BCUT2D eigenvalue weighted by molar-refractivity contribution is 6.16. The molecule has 0 spiro atoms. The van der Waals surface area contributed by atoms with Crippen LogP contribution in [0, 0.1) is 0 Å². The molecule has 0 N–H and O–H groups in total. The summed E-state index contributed by atoms with van der Waals surface area (Å²) in [6.07, 6.45) is 13.2. The van der Waals surface area contributed by atoms with Crippen LogP contribution in [0.25, 0.3) is 45.5 Å². The maximum absolute atomic E-state index is 5.42. The van der Waals surface area contributed by atoms with Gasteiger partial charge in [0.15, 0.2) is 5.82 Å². The molecule has 1 atom stereocenters. The zero-order valence-electron chi connectivity index (χ0n) is 23.5. The van der Waals surface area contributed by atoms with Crippen molar-refractivity contribution >= 4 is 51.2 Å². The molecule has 0 bridgehead atoms. The largest absolute Gasteiger partial charge is 0.359 e. The van der Waals surface area contributed by atoms with Crippen LogP contribution in [-0.2, 0) is 5.41 Å². The van der Waals surface area contributed by atoms with E-state index in [1.54, 1.807) is 0 Å². The molecule has 5 aromatic rings. The van der Waals surface area contributed by atoms with E-state index < -0.39 is 0 Å². The summed E-state index contributed by atoms with van der Waals surface area (Å²) >= 11 is 0. The van der Waals surface area contributed by atoms with Crippen LogP contribution in [0.4, 0.5) is 0 Å². The number of allylic oxidation sites excluding steroid dienone is 2. The quantitative estimate of drug-likeness (QED) is 0.224. The van der Waals surface area contributed by atoms with Crippen molar-refractivity contribution in [3.8, 4) is 0 Å². The number of benzene rings is 4. The zero-order valence-corrected chi connectivity index (χ0v) is 23.5. The molecular weight excluding hydrogens is 498 g/mol. The van der Waals surface area contributed by atoms with Crippen molar-refractivity contribution in [2.24, 2.45) is 4.99 Å². The maximum Gasteiger partial charge on any atom is 0.162 e. The van der Waals surface area contributed by atoms with Gasteiger partial charge in [0.05, 0.1) is 28.5 Å². The highest BCUT2D eigenvalue weighted by atomic mass is 15.2. The second-order valence-corrected chi connectivity index (χ2v) is 11.7. The number of nitrogens with zero attached hydrogens (tertiary/aromatic N) is 3.